The first-order chi connectivity index (χ1) is 7.67. The van der Waals surface area contributed by atoms with E-state index in [1.165, 1.54) is 6.08 Å². The largest absolute Gasteiger partial charge is 0.462 e. The summed E-state index contributed by atoms with van der Waals surface area (Å²) in [4.78, 5) is 15.5. The maximum absolute atomic E-state index is 11.3. The molecule has 4 heteroatoms. The Hall–Kier alpha value is -2.15. The van der Waals surface area contributed by atoms with Crippen molar-refractivity contribution in [2.75, 3.05) is 6.61 Å². The first kappa shape index (κ1) is 11.9. The van der Waals surface area contributed by atoms with Gasteiger partial charge in [-0.25, -0.2) is 4.79 Å². The fourth-order valence-electron chi connectivity index (χ4n) is 1.14. The molecule has 0 unspecified atom stereocenters. The summed E-state index contributed by atoms with van der Waals surface area (Å²) in [6.45, 7) is 3.78. The molecule has 1 aromatic heterocycles. The molecule has 16 heavy (non-hydrogen) atoms. The summed E-state index contributed by atoms with van der Waals surface area (Å²) in [5.74, 6) is -0.617. The minimum atomic E-state index is -0.617. The third-order valence-electron chi connectivity index (χ3n) is 1.82. The predicted molar refractivity (Wildman–Crippen MR) is 59.2 cm³/mol. The Morgan fingerprint density at radius 2 is 2.38 bits per heavy atom. The van der Waals surface area contributed by atoms with E-state index in [2.05, 4.69) is 4.98 Å². The molecular weight excluding hydrogens is 204 g/mol. The van der Waals surface area contributed by atoms with Crippen LogP contribution in [0.5, 0.6) is 0 Å². The van der Waals surface area contributed by atoms with Gasteiger partial charge in [0.15, 0.2) is 0 Å². The fourth-order valence-corrected chi connectivity index (χ4v) is 1.14. The summed E-state index contributed by atoms with van der Waals surface area (Å²) in [6, 6.07) is 7.18. The van der Waals surface area contributed by atoms with Crippen LogP contribution in [0.3, 0.4) is 0 Å². The van der Waals surface area contributed by atoms with Crippen LogP contribution in [-0.2, 0) is 9.53 Å². The third kappa shape index (κ3) is 3.21. The Morgan fingerprint density at radius 3 is 2.94 bits per heavy atom. The Balaban J connectivity index is 2.97. The molecule has 1 heterocycles. The molecule has 0 saturated carbocycles. The number of carbonyl (C=O) groups excluding carboxylic acids is 1. The van der Waals surface area contributed by atoms with Crippen LogP contribution in [0, 0.1) is 18.3 Å². The maximum Gasteiger partial charge on any atom is 0.348 e. The molecule has 0 aliphatic rings. The zero-order valence-corrected chi connectivity index (χ0v) is 9.23. The van der Waals surface area contributed by atoms with Gasteiger partial charge in [-0.05, 0) is 32.1 Å². The highest BCUT2D eigenvalue weighted by molar-refractivity contribution is 5.97. The third-order valence-corrected chi connectivity index (χ3v) is 1.82. The molecule has 82 valence electrons. The van der Waals surface area contributed by atoms with Gasteiger partial charge in [0.25, 0.3) is 0 Å². The normalized spacial score (nSPS) is 10.7. The number of rotatable bonds is 3. The van der Waals surface area contributed by atoms with Crippen LogP contribution in [0.25, 0.3) is 6.08 Å². The first-order valence-electron chi connectivity index (χ1n) is 4.90. The zero-order chi connectivity index (χ0) is 12.0. The van der Waals surface area contributed by atoms with Crippen molar-refractivity contribution in [2.24, 2.45) is 0 Å². The van der Waals surface area contributed by atoms with Gasteiger partial charge in [-0.1, -0.05) is 6.07 Å². The molecular formula is C12H12N2O2. The monoisotopic (exact) mass is 216 g/mol. The van der Waals surface area contributed by atoms with Crippen molar-refractivity contribution in [1.82, 2.24) is 4.98 Å². The molecule has 1 rings (SSSR count). The minimum Gasteiger partial charge on any atom is -0.462 e. The lowest BCUT2D eigenvalue weighted by Crippen LogP contribution is -2.06. The molecule has 0 aliphatic carbocycles. The van der Waals surface area contributed by atoms with Gasteiger partial charge >= 0.3 is 5.97 Å². The number of esters is 1. The van der Waals surface area contributed by atoms with E-state index in [0.29, 0.717) is 5.69 Å². The molecule has 0 fully saturated rings. The first-order valence-corrected chi connectivity index (χ1v) is 4.90. The maximum atomic E-state index is 11.3. The van der Waals surface area contributed by atoms with E-state index in [1.54, 1.807) is 19.1 Å². The van der Waals surface area contributed by atoms with Crippen LogP contribution in [0.4, 0.5) is 0 Å². The molecule has 0 atom stereocenters. The van der Waals surface area contributed by atoms with E-state index in [4.69, 9.17) is 10.00 Å². The van der Waals surface area contributed by atoms with Crippen LogP contribution in [0.2, 0.25) is 0 Å². The molecule has 0 saturated heterocycles. The Bertz CT molecular complexity index is 458. The Morgan fingerprint density at radius 1 is 1.62 bits per heavy atom. The smallest absolute Gasteiger partial charge is 0.348 e. The van der Waals surface area contributed by atoms with Crippen molar-refractivity contribution >= 4 is 12.0 Å². The molecule has 0 radical (unpaired) electrons. The standard InChI is InChI=1S/C12H12N2O2/c1-3-16-12(15)10(8-13)7-11-6-4-5-9(2)14-11/h4-7H,3H2,1-2H3/b10-7+. The zero-order valence-electron chi connectivity index (χ0n) is 9.23. The topological polar surface area (TPSA) is 63.0 Å². The van der Waals surface area contributed by atoms with Gasteiger partial charge in [-0.2, -0.15) is 5.26 Å². The predicted octanol–water partition coefficient (Wildman–Crippen LogP) is 1.86. The quantitative estimate of drug-likeness (QED) is 0.439. The van der Waals surface area contributed by atoms with E-state index < -0.39 is 5.97 Å². The summed E-state index contributed by atoms with van der Waals surface area (Å²) in [5.41, 5.74) is 1.36. The molecule has 0 aliphatic heterocycles. The Labute approximate surface area is 94.2 Å². The number of carbonyl (C=O) groups is 1. The Kier molecular flexibility index (Phi) is 4.22. The lowest BCUT2D eigenvalue weighted by atomic mass is 10.2. The number of pyridine rings is 1. The molecule has 4 nitrogen and oxygen atoms in total. The van der Waals surface area contributed by atoms with Crippen LogP contribution in [0.15, 0.2) is 23.8 Å². The fraction of sp³-hybridized carbons (Fsp3) is 0.250. The molecule has 0 N–H and O–H groups in total. The van der Waals surface area contributed by atoms with E-state index in [9.17, 15) is 4.79 Å². The van der Waals surface area contributed by atoms with Crippen molar-refractivity contribution in [3.8, 4) is 6.07 Å². The molecule has 0 spiro atoms. The second-order valence-corrected chi connectivity index (χ2v) is 3.09. The molecule has 0 amide bonds. The van der Waals surface area contributed by atoms with Gasteiger partial charge in [-0.3, -0.25) is 4.98 Å². The highest BCUT2D eigenvalue weighted by atomic mass is 16.5. The number of nitriles is 1. The van der Waals surface area contributed by atoms with Crippen LogP contribution in [0.1, 0.15) is 18.3 Å². The average Bonchev–Trinajstić information content (AvgIpc) is 2.26. The molecule has 0 aromatic carbocycles. The van der Waals surface area contributed by atoms with Gasteiger partial charge in [0.05, 0.1) is 12.3 Å². The van der Waals surface area contributed by atoms with Gasteiger partial charge in [-0.15, -0.1) is 0 Å². The minimum absolute atomic E-state index is 0.0417. The number of nitrogens with zero attached hydrogens (tertiary/aromatic N) is 2. The number of aryl methyl sites for hydroxylation is 1. The summed E-state index contributed by atoms with van der Waals surface area (Å²) in [7, 11) is 0. The van der Waals surface area contributed by atoms with E-state index in [-0.39, 0.29) is 12.2 Å². The van der Waals surface area contributed by atoms with Crippen LogP contribution in [-0.4, -0.2) is 17.6 Å². The van der Waals surface area contributed by atoms with Crippen LogP contribution < -0.4 is 0 Å². The van der Waals surface area contributed by atoms with Crippen molar-refractivity contribution in [3.63, 3.8) is 0 Å². The van der Waals surface area contributed by atoms with Crippen molar-refractivity contribution in [2.45, 2.75) is 13.8 Å². The highest BCUT2D eigenvalue weighted by Gasteiger charge is 2.09. The SMILES string of the molecule is CCOC(=O)/C(C#N)=C/c1cccc(C)n1. The van der Waals surface area contributed by atoms with E-state index in [0.717, 1.165) is 5.69 Å². The lowest BCUT2D eigenvalue weighted by Gasteiger charge is -1.99. The van der Waals surface area contributed by atoms with Crippen molar-refractivity contribution < 1.29 is 9.53 Å². The van der Waals surface area contributed by atoms with Crippen molar-refractivity contribution in [1.29, 1.82) is 5.26 Å². The number of ether oxygens (including phenoxy) is 1. The molecule has 1 aromatic rings. The number of hydrogen-bond donors (Lipinski definition) is 0. The van der Waals surface area contributed by atoms with E-state index in [1.807, 2.05) is 19.1 Å². The summed E-state index contributed by atoms with van der Waals surface area (Å²) in [6.07, 6.45) is 1.42. The highest BCUT2D eigenvalue weighted by Crippen LogP contribution is 2.06. The molecule has 0 bridgehead atoms. The van der Waals surface area contributed by atoms with Gasteiger partial charge < -0.3 is 4.74 Å². The van der Waals surface area contributed by atoms with Gasteiger partial charge in [0, 0.05) is 5.69 Å². The van der Waals surface area contributed by atoms with E-state index >= 15 is 0 Å². The van der Waals surface area contributed by atoms with Crippen molar-refractivity contribution in [3.05, 3.63) is 35.2 Å². The average molecular weight is 216 g/mol. The summed E-state index contributed by atoms with van der Waals surface area (Å²) >= 11 is 0. The number of hydrogen-bond acceptors (Lipinski definition) is 4. The van der Waals surface area contributed by atoms with Gasteiger partial charge in [0.1, 0.15) is 11.6 Å². The number of aromatic nitrogens is 1. The lowest BCUT2D eigenvalue weighted by molar-refractivity contribution is -0.137. The van der Waals surface area contributed by atoms with Gasteiger partial charge in [0.2, 0.25) is 0 Å². The van der Waals surface area contributed by atoms with Crippen LogP contribution >= 0.6 is 0 Å². The second-order valence-electron chi connectivity index (χ2n) is 3.09. The second kappa shape index (κ2) is 5.66. The summed E-state index contributed by atoms with van der Waals surface area (Å²) in [5, 5.41) is 8.81. The summed E-state index contributed by atoms with van der Waals surface area (Å²) < 4.78 is 4.74.